The highest BCUT2D eigenvalue weighted by molar-refractivity contribution is 6.10. The van der Waals surface area contributed by atoms with Gasteiger partial charge < -0.3 is 5.32 Å². The Kier molecular flexibility index (Phi) is 4.49. The number of carbonyl (C=O) groups excluding carboxylic acids is 2. The highest BCUT2D eigenvalue weighted by Crippen LogP contribution is 2.33. The fraction of sp³-hybridized carbons (Fsp3) is 0.500. The molecule has 2 amide bonds. The van der Waals surface area contributed by atoms with Crippen LogP contribution in [0.3, 0.4) is 0 Å². The Bertz CT molecular complexity index is 648. The summed E-state index contributed by atoms with van der Waals surface area (Å²) in [5.74, 6) is -2.06. The van der Waals surface area contributed by atoms with Crippen molar-refractivity contribution in [2.24, 2.45) is 5.92 Å². The van der Waals surface area contributed by atoms with E-state index in [9.17, 15) is 22.8 Å². The number of para-hydroxylation sites is 2. The number of amides is 2. The summed E-state index contributed by atoms with van der Waals surface area (Å²) in [6, 6.07) is 6.89. The molecule has 0 unspecified atom stereocenters. The molecule has 3 rings (SSSR count). The number of nitrogens with one attached hydrogen (secondary N) is 1. The van der Waals surface area contributed by atoms with Gasteiger partial charge in [0.25, 0.3) is 0 Å². The number of halogens is 3. The number of hydrogen-bond donors (Lipinski definition) is 1. The molecule has 1 saturated heterocycles. The predicted molar refractivity (Wildman–Crippen MR) is 82.6 cm³/mol. The van der Waals surface area contributed by atoms with Gasteiger partial charge in [-0.2, -0.15) is 13.2 Å². The SMILES string of the molecule is O=C1CN(C(=O)CN2CCC[C@H](C(F)(F)F)C2)c2ccccc2N1. The number of rotatable bonds is 2. The molecule has 0 saturated carbocycles. The van der Waals surface area contributed by atoms with Crippen LogP contribution in [0.15, 0.2) is 24.3 Å². The zero-order chi connectivity index (χ0) is 17.3. The highest BCUT2D eigenvalue weighted by Gasteiger charge is 2.42. The number of alkyl halides is 3. The van der Waals surface area contributed by atoms with E-state index in [0.29, 0.717) is 24.3 Å². The quantitative estimate of drug-likeness (QED) is 0.898. The van der Waals surface area contributed by atoms with Gasteiger partial charge in [-0.25, -0.2) is 0 Å². The van der Waals surface area contributed by atoms with Crippen molar-refractivity contribution in [3.05, 3.63) is 24.3 Å². The smallest absolute Gasteiger partial charge is 0.323 e. The summed E-state index contributed by atoms with van der Waals surface area (Å²) >= 11 is 0. The lowest BCUT2D eigenvalue weighted by Crippen LogP contribution is -2.49. The van der Waals surface area contributed by atoms with Crippen LogP contribution >= 0.6 is 0 Å². The van der Waals surface area contributed by atoms with Gasteiger partial charge in [0.1, 0.15) is 6.54 Å². The third kappa shape index (κ3) is 3.53. The number of benzene rings is 1. The zero-order valence-corrected chi connectivity index (χ0v) is 13.0. The Morgan fingerprint density at radius 1 is 1.29 bits per heavy atom. The zero-order valence-electron chi connectivity index (χ0n) is 13.0. The molecule has 2 aliphatic heterocycles. The van der Waals surface area contributed by atoms with Crippen molar-refractivity contribution >= 4 is 23.2 Å². The van der Waals surface area contributed by atoms with E-state index in [1.807, 2.05) is 0 Å². The first-order valence-corrected chi connectivity index (χ1v) is 7.83. The van der Waals surface area contributed by atoms with E-state index in [0.717, 1.165) is 0 Å². The summed E-state index contributed by atoms with van der Waals surface area (Å²) < 4.78 is 38.6. The normalized spacial score (nSPS) is 22.0. The number of carbonyl (C=O) groups is 2. The van der Waals surface area contributed by atoms with Crippen molar-refractivity contribution in [2.75, 3.05) is 36.4 Å². The monoisotopic (exact) mass is 341 g/mol. The Balaban J connectivity index is 1.70. The van der Waals surface area contributed by atoms with Gasteiger partial charge in [-0.3, -0.25) is 19.4 Å². The summed E-state index contributed by atoms with van der Waals surface area (Å²) in [5, 5.41) is 2.68. The number of nitrogens with zero attached hydrogens (tertiary/aromatic N) is 2. The molecule has 130 valence electrons. The molecule has 1 aromatic carbocycles. The van der Waals surface area contributed by atoms with E-state index in [-0.39, 0.29) is 37.9 Å². The van der Waals surface area contributed by atoms with Crippen LogP contribution in [0.25, 0.3) is 0 Å². The van der Waals surface area contributed by atoms with E-state index in [1.165, 1.54) is 9.80 Å². The maximum absolute atomic E-state index is 12.9. The molecule has 0 aromatic heterocycles. The molecule has 24 heavy (non-hydrogen) atoms. The third-order valence-electron chi connectivity index (χ3n) is 4.40. The summed E-state index contributed by atoms with van der Waals surface area (Å²) in [5.41, 5.74) is 1.11. The van der Waals surface area contributed by atoms with Crippen molar-refractivity contribution in [1.82, 2.24) is 4.90 Å². The third-order valence-corrected chi connectivity index (χ3v) is 4.40. The molecule has 2 aliphatic rings. The van der Waals surface area contributed by atoms with Crippen molar-refractivity contribution < 1.29 is 22.8 Å². The largest absolute Gasteiger partial charge is 0.393 e. The van der Waals surface area contributed by atoms with Gasteiger partial charge in [-0.15, -0.1) is 0 Å². The maximum Gasteiger partial charge on any atom is 0.393 e. The van der Waals surface area contributed by atoms with Gasteiger partial charge in [0.05, 0.1) is 23.8 Å². The second kappa shape index (κ2) is 6.43. The van der Waals surface area contributed by atoms with E-state index in [4.69, 9.17) is 0 Å². The summed E-state index contributed by atoms with van der Waals surface area (Å²) in [6.07, 6.45) is -3.73. The number of hydrogen-bond acceptors (Lipinski definition) is 3. The average molecular weight is 341 g/mol. The van der Waals surface area contributed by atoms with Gasteiger partial charge in [0.2, 0.25) is 11.8 Å². The summed E-state index contributed by atoms with van der Waals surface area (Å²) in [7, 11) is 0. The second-order valence-corrected chi connectivity index (χ2v) is 6.16. The first-order valence-electron chi connectivity index (χ1n) is 7.83. The van der Waals surface area contributed by atoms with Gasteiger partial charge in [0, 0.05) is 6.54 Å². The second-order valence-electron chi connectivity index (χ2n) is 6.16. The Morgan fingerprint density at radius 2 is 2.04 bits per heavy atom. The molecule has 2 heterocycles. The van der Waals surface area contributed by atoms with Crippen LogP contribution in [0.5, 0.6) is 0 Å². The van der Waals surface area contributed by atoms with Gasteiger partial charge in [-0.1, -0.05) is 12.1 Å². The molecular formula is C16H18F3N3O2. The molecule has 0 spiro atoms. The van der Waals surface area contributed by atoms with Crippen LogP contribution in [0.2, 0.25) is 0 Å². The van der Waals surface area contributed by atoms with E-state index >= 15 is 0 Å². The van der Waals surface area contributed by atoms with Crippen molar-refractivity contribution in [1.29, 1.82) is 0 Å². The summed E-state index contributed by atoms with van der Waals surface area (Å²) in [4.78, 5) is 27.2. The molecule has 0 aliphatic carbocycles. The number of fused-ring (bicyclic) bond motifs is 1. The maximum atomic E-state index is 12.9. The van der Waals surface area contributed by atoms with Gasteiger partial charge in [-0.05, 0) is 31.5 Å². The minimum absolute atomic E-state index is 0.100. The van der Waals surface area contributed by atoms with Crippen molar-refractivity contribution in [3.63, 3.8) is 0 Å². The van der Waals surface area contributed by atoms with Crippen LogP contribution in [0.4, 0.5) is 24.5 Å². The number of anilines is 2. The van der Waals surface area contributed by atoms with Gasteiger partial charge >= 0.3 is 6.18 Å². The minimum atomic E-state index is -4.24. The van der Waals surface area contributed by atoms with Crippen LogP contribution in [0, 0.1) is 5.92 Å². The molecule has 8 heteroatoms. The van der Waals surface area contributed by atoms with Gasteiger partial charge in [0.15, 0.2) is 0 Å². The molecule has 1 N–H and O–H groups in total. The van der Waals surface area contributed by atoms with Crippen LogP contribution < -0.4 is 10.2 Å². The average Bonchev–Trinajstić information content (AvgIpc) is 2.53. The first kappa shape index (κ1) is 16.8. The molecule has 1 aromatic rings. The number of likely N-dealkylation sites (tertiary alicyclic amines) is 1. The Labute approximate surface area is 137 Å². The van der Waals surface area contributed by atoms with Crippen LogP contribution in [-0.4, -0.2) is 49.1 Å². The topological polar surface area (TPSA) is 52.7 Å². The Morgan fingerprint density at radius 3 is 2.79 bits per heavy atom. The highest BCUT2D eigenvalue weighted by atomic mass is 19.4. The fourth-order valence-electron chi connectivity index (χ4n) is 3.20. The first-order chi connectivity index (χ1) is 11.3. The van der Waals surface area contributed by atoms with E-state index < -0.39 is 12.1 Å². The molecule has 0 bridgehead atoms. The predicted octanol–water partition coefficient (Wildman–Crippen LogP) is 2.25. The molecule has 1 atom stereocenters. The standard InChI is InChI=1S/C16H18F3N3O2/c17-16(18,19)11-4-3-7-21(8-11)10-15(24)22-9-14(23)20-12-5-1-2-6-13(12)22/h1-2,5-6,11H,3-4,7-10H2,(H,20,23)/t11-/m0/s1. The molecule has 1 fully saturated rings. The molecular weight excluding hydrogens is 323 g/mol. The molecule has 0 radical (unpaired) electrons. The van der Waals surface area contributed by atoms with E-state index in [2.05, 4.69) is 5.32 Å². The molecule has 5 nitrogen and oxygen atoms in total. The Hall–Kier alpha value is -2.09. The van der Waals surface area contributed by atoms with Crippen LogP contribution in [-0.2, 0) is 9.59 Å². The lowest BCUT2D eigenvalue weighted by atomic mass is 9.97. The number of piperidine rings is 1. The summed E-state index contributed by atoms with van der Waals surface area (Å²) in [6.45, 7) is 0.0531. The van der Waals surface area contributed by atoms with E-state index in [1.54, 1.807) is 24.3 Å². The lowest BCUT2D eigenvalue weighted by molar-refractivity contribution is -0.186. The van der Waals surface area contributed by atoms with Crippen molar-refractivity contribution in [2.45, 2.75) is 19.0 Å². The minimum Gasteiger partial charge on any atom is -0.323 e. The van der Waals surface area contributed by atoms with Crippen LogP contribution in [0.1, 0.15) is 12.8 Å². The van der Waals surface area contributed by atoms with Crippen molar-refractivity contribution in [3.8, 4) is 0 Å². The lowest BCUT2D eigenvalue weighted by Gasteiger charge is -2.35. The fourth-order valence-corrected chi connectivity index (χ4v) is 3.20.